The number of nitrogen functional groups attached to an aromatic ring is 1. The smallest absolute Gasteiger partial charge is 0.119 e. The molecule has 1 aliphatic rings. The van der Waals surface area contributed by atoms with E-state index in [1.807, 2.05) is 12.1 Å². The van der Waals surface area contributed by atoms with E-state index in [1.165, 1.54) is 17.7 Å². The summed E-state index contributed by atoms with van der Waals surface area (Å²) >= 11 is 2.07. The molecule has 1 heterocycles. The quantitative estimate of drug-likeness (QED) is 0.864. The van der Waals surface area contributed by atoms with E-state index >= 15 is 0 Å². The van der Waals surface area contributed by atoms with E-state index in [0.29, 0.717) is 4.75 Å². The molecule has 0 unspecified atom stereocenters. The third-order valence-corrected chi connectivity index (χ3v) is 5.05. The van der Waals surface area contributed by atoms with Crippen molar-refractivity contribution in [2.24, 2.45) is 0 Å². The van der Waals surface area contributed by atoms with Gasteiger partial charge in [-0.3, -0.25) is 4.90 Å². The van der Waals surface area contributed by atoms with Crippen molar-refractivity contribution in [1.82, 2.24) is 4.90 Å². The fraction of sp³-hybridized carbons (Fsp3) is 0.600. The van der Waals surface area contributed by atoms with E-state index in [0.717, 1.165) is 31.1 Å². The summed E-state index contributed by atoms with van der Waals surface area (Å²) in [4.78, 5) is 2.49. The number of rotatable bonds is 3. The zero-order valence-corrected chi connectivity index (χ0v) is 12.9. The first-order chi connectivity index (χ1) is 9.00. The van der Waals surface area contributed by atoms with Gasteiger partial charge in [-0.05, 0) is 36.7 Å². The van der Waals surface area contributed by atoms with E-state index in [1.54, 1.807) is 7.11 Å². The summed E-state index contributed by atoms with van der Waals surface area (Å²) in [7, 11) is 1.69. The number of methoxy groups -OCH3 is 1. The van der Waals surface area contributed by atoms with Gasteiger partial charge in [0.1, 0.15) is 5.75 Å². The van der Waals surface area contributed by atoms with Gasteiger partial charge >= 0.3 is 0 Å². The molecule has 0 radical (unpaired) electrons. The number of hydrogen-bond donors (Lipinski definition) is 1. The maximum absolute atomic E-state index is 6.07. The van der Waals surface area contributed by atoms with Crippen LogP contribution in [0.4, 0.5) is 5.69 Å². The van der Waals surface area contributed by atoms with Crippen LogP contribution in [0, 0.1) is 0 Å². The number of ether oxygens (including phenoxy) is 1. The fourth-order valence-corrected chi connectivity index (χ4v) is 3.45. The standard InChI is InChI=1S/C15H24N2OS/c1-15(2)6-7-17(8-9-19-15)11-12-10-13(18-3)4-5-14(12)16/h4-5,10H,6-9,11,16H2,1-3H3. The Morgan fingerprint density at radius 3 is 2.89 bits per heavy atom. The number of nitrogens with zero attached hydrogens (tertiary/aromatic N) is 1. The SMILES string of the molecule is COc1ccc(N)c(CN2CCSC(C)(C)CC2)c1. The maximum atomic E-state index is 6.07. The van der Waals surface area contributed by atoms with Crippen molar-refractivity contribution in [3.8, 4) is 5.75 Å². The Kier molecular flexibility index (Phi) is 4.63. The molecular weight excluding hydrogens is 256 g/mol. The molecule has 0 amide bonds. The molecule has 2 rings (SSSR count). The van der Waals surface area contributed by atoms with Crippen LogP contribution in [0.25, 0.3) is 0 Å². The predicted molar refractivity (Wildman–Crippen MR) is 83.8 cm³/mol. The highest BCUT2D eigenvalue weighted by molar-refractivity contribution is 8.00. The summed E-state index contributed by atoms with van der Waals surface area (Å²) in [5.74, 6) is 2.07. The second-order valence-electron chi connectivity index (χ2n) is 5.70. The molecule has 1 fully saturated rings. The molecule has 0 atom stereocenters. The number of benzene rings is 1. The van der Waals surface area contributed by atoms with Gasteiger partial charge in [-0.2, -0.15) is 11.8 Å². The monoisotopic (exact) mass is 280 g/mol. The highest BCUT2D eigenvalue weighted by Crippen LogP contribution is 2.31. The molecule has 106 valence electrons. The van der Waals surface area contributed by atoms with E-state index < -0.39 is 0 Å². The minimum Gasteiger partial charge on any atom is -0.497 e. The zero-order valence-electron chi connectivity index (χ0n) is 12.1. The maximum Gasteiger partial charge on any atom is 0.119 e. The third kappa shape index (κ3) is 4.05. The lowest BCUT2D eigenvalue weighted by atomic mass is 10.1. The fourth-order valence-electron chi connectivity index (χ4n) is 2.31. The average Bonchev–Trinajstić information content (AvgIpc) is 2.54. The van der Waals surface area contributed by atoms with Crippen LogP contribution in [0.1, 0.15) is 25.8 Å². The normalized spacial score (nSPS) is 19.9. The van der Waals surface area contributed by atoms with E-state index in [-0.39, 0.29) is 0 Å². The highest BCUT2D eigenvalue weighted by atomic mass is 32.2. The van der Waals surface area contributed by atoms with Gasteiger partial charge in [0.2, 0.25) is 0 Å². The van der Waals surface area contributed by atoms with Crippen molar-refractivity contribution in [2.75, 3.05) is 31.7 Å². The lowest BCUT2D eigenvalue weighted by Crippen LogP contribution is -2.27. The van der Waals surface area contributed by atoms with Crippen LogP contribution in [0.5, 0.6) is 5.75 Å². The minimum absolute atomic E-state index is 0.397. The first-order valence-electron chi connectivity index (χ1n) is 6.79. The van der Waals surface area contributed by atoms with Crippen LogP contribution in [0.2, 0.25) is 0 Å². The Balaban J connectivity index is 2.04. The summed E-state index contributed by atoms with van der Waals surface area (Å²) < 4.78 is 5.68. The molecule has 0 aliphatic carbocycles. The number of hydrogen-bond acceptors (Lipinski definition) is 4. The first kappa shape index (κ1) is 14.5. The molecule has 2 N–H and O–H groups in total. The Bertz CT molecular complexity index is 434. The van der Waals surface area contributed by atoms with Crippen molar-refractivity contribution < 1.29 is 4.74 Å². The van der Waals surface area contributed by atoms with Crippen LogP contribution >= 0.6 is 11.8 Å². The molecule has 1 aromatic carbocycles. The summed E-state index contributed by atoms with van der Waals surface area (Å²) in [6.07, 6.45) is 1.22. The lowest BCUT2D eigenvalue weighted by molar-refractivity contribution is 0.276. The molecule has 0 aromatic heterocycles. The van der Waals surface area contributed by atoms with E-state index in [9.17, 15) is 0 Å². The largest absolute Gasteiger partial charge is 0.497 e. The van der Waals surface area contributed by atoms with Crippen molar-refractivity contribution in [3.63, 3.8) is 0 Å². The molecular formula is C15H24N2OS. The van der Waals surface area contributed by atoms with Crippen molar-refractivity contribution in [3.05, 3.63) is 23.8 Å². The molecule has 1 aromatic rings. The van der Waals surface area contributed by atoms with Gasteiger partial charge in [-0.15, -0.1) is 0 Å². The number of nitrogens with two attached hydrogens (primary N) is 1. The molecule has 4 heteroatoms. The van der Waals surface area contributed by atoms with Crippen LogP contribution in [0.3, 0.4) is 0 Å². The van der Waals surface area contributed by atoms with Gasteiger partial charge in [0.05, 0.1) is 7.11 Å². The molecule has 1 aliphatic heterocycles. The van der Waals surface area contributed by atoms with Gasteiger partial charge in [-0.1, -0.05) is 13.8 Å². The summed E-state index contributed by atoms with van der Waals surface area (Å²) in [6.45, 7) is 7.85. The highest BCUT2D eigenvalue weighted by Gasteiger charge is 2.23. The first-order valence-corrected chi connectivity index (χ1v) is 7.77. The van der Waals surface area contributed by atoms with Gasteiger partial charge < -0.3 is 10.5 Å². The Morgan fingerprint density at radius 1 is 1.37 bits per heavy atom. The second-order valence-corrected chi connectivity index (χ2v) is 7.50. The molecule has 0 bridgehead atoms. The van der Waals surface area contributed by atoms with E-state index in [2.05, 4.69) is 36.6 Å². The number of thioether (sulfide) groups is 1. The molecule has 0 spiro atoms. The van der Waals surface area contributed by atoms with Crippen LogP contribution in [-0.4, -0.2) is 35.6 Å². The average molecular weight is 280 g/mol. The van der Waals surface area contributed by atoms with Crippen LogP contribution in [0.15, 0.2) is 18.2 Å². The zero-order chi connectivity index (χ0) is 13.9. The lowest BCUT2D eigenvalue weighted by Gasteiger charge is -2.23. The van der Waals surface area contributed by atoms with Crippen molar-refractivity contribution in [1.29, 1.82) is 0 Å². The number of anilines is 1. The topological polar surface area (TPSA) is 38.5 Å². The van der Waals surface area contributed by atoms with Gasteiger partial charge in [0, 0.05) is 29.3 Å². The third-order valence-electron chi connectivity index (χ3n) is 3.67. The minimum atomic E-state index is 0.397. The van der Waals surface area contributed by atoms with Gasteiger partial charge in [0.25, 0.3) is 0 Å². The summed E-state index contributed by atoms with van der Waals surface area (Å²) in [5, 5.41) is 0. The molecule has 0 saturated carbocycles. The molecule has 1 saturated heterocycles. The predicted octanol–water partition coefficient (Wildman–Crippen LogP) is 2.99. The Hall–Kier alpha value is -0.870. The van der Waals surface area contributed by atoms with Crippen molar-refractivity contribution >= 4 is 17.4 Å². The summed E-state index contributed by atoms with van der Waals surface area (Å²) in [5.41, 5.74) is 8.09. The Labute approximate surface area is 120 Å². The van der Waals surface area contributed by atoms with Gasteiger partial charge in [-0.25, -0.2) is 0 Å². The van der Waals surface area contributed by atoms with Crippen LogP contribution < -0.4 is 10.5 Å². The Morgan fingerprint density at radius 2 is 2.16 bits per heavy atom. The van der Waals surface area contributed by atoms with Crippen molar-refractivity contribution in [2.45, 2.75) is 31.6 Å². The summed E-state index contributed by atoms with van der Waals surface area (Å²) in [6, 6.07) is 5.91. The second kappa shape index (κ2) is 6.06. The van der Waals surface area contributed by atoms with Gasteiger partial charge in [0.15, 0.2) is 0 Å². The molecule has 3 nitrogen and oxygen atoms in total. The van der Waals surface area contributed by atoms with E-state index in [4.69, 9.17) is 10.5 Å². The molecule has 19 heavy (non-hydrogen) atoms. The van der Waals surface area contributed by atoms with Crippen LogP contribution in [-0.2, 0) is 6.54 Å².